The highest BCUT2D eigenvalue weighted by Crippen LogP contribution is 2.23. The van der Waals surface area contributed by atoms with Crippen molar-refractivity contribution < 1.29 is 23.2 Å². The number of nitrogens with zero attached hydrogens (tertiary/aromatic N) is 1. The van der Waals surface area contributed by atoms with Crippen molar-refractivity contribution in [3.05, 3.63) is 34.4 Å². The number of carboxylic acids is 1. The molecule has 0 radical (unpaired) electrons. The molecule has 0 aliphatic rings. The van der Waals surface area contributed by atoms with E-state index in [1.165, 1.54) is 12.1 Å². The van der Waals surface area contributed by atoms with E-state index in [9.17, 15) is 28.4 Å². The van der Waals surface area contributed by atoms with Crippen molar-refractivity contribution in [1.82, 2.24) is 10.0 Å². The van der Waals surface area contributed by atoms with Crippen LogP contribution in [0, 0.1) is 10.1 Å². The zero-order valence-corrected chi connectivity index (χ0v) is 16.2. The van der Waals surface area contributed by atoms with Crippen LogP contribution in [0.5, 0.6) is 0 Å². The minimum Gasteiger partial charge on any atom is -0.480 e. The molecule has 0 aliphatic heterocycles. The molecule has 10 heteroatoms. The van der Waals surface area contributed by atoms with Crippen LogP contribution in [0.3, 0.4) is 0 Å². The van der Waals surface area contributed by atoms with Gasteiger partial charge in [-0.25, -0.2) is 8.42 Å². The van der Waals surface area contributed by atoms with E-state index in [0.29, 0.717) is 6.42 Å². The Morgan fingerprint density at radius 1 is 1.15 bits per heavy atom. The zero-order chi connectivity index (χ0) is 20.3. The van der Waals surface area contributed by atoms with Gasteiger partial charge in [0.1, 0.15) is 6.04 Å². The number of para-hydroxylation sites is 1. The van der Waals surface area contributed by atoms with Gasteiger partial charge >= 0.3 is 5.97 Å². The molecule has 0 saturated heterocycles. The summed E-state index contributed by atoms with van der Waals surface area (Å²) in [5, 5.41) is 23.4. The maximum atomic E-state index is 12.4. The van der Waals surface area contributed by atoms with Crippen molar-refractivity contribution in [3.8, 4) is 0 Å². The highest BCUT2D eigenvalue weighted by Gasteiger charge is 2.30. The van der Waals surface area contributed by atoms with Gasteiger partial charge in [0.05, 0.1) is 4.92 Å². The first-order valence-electron chi connectivity index (χ1n) is 8.92. The van der Waals surface area contributed by atoms with Crippen LogP contribution >= 0.6 is 0 Å². The molecule has 3 N–H and O–H groups in total. The van der Waals surface area contributed by atoms with Crippen molar-refractivity contribution in [2.75, 3.05) is 13.6 Å². The molecular weight excluding hydrogens is 374 g/mol. The van der Waals surface area contributed by atoms with Crippen LogP contribution < -0.4 is 10.0 Å². The molecule has 0 aromatic heterocycles. The summed E-state index contributed by atoms with van der Waals surface area (Å²) in [6, 6.07) is 3.54. The zero-order valence-electron chi connectivity index (χ0n) is 15.4. The molecule has 0 spiro atoms. The summed E-state index contributed by atoms with van der Waals surface area (Å²) < 4.78 is 26.9. The Bertz CT molecular complexity index is 723. The summed E-state index contributed by atoms with van der Waals surface area (Å²) in [6.07, 6.45) is 5.66. The fourth-order valence-corrected chi connectivity index (χ4v) is 4.07. The van der Waals surface area contributed by atoms with Crippen molar-refractivity contribution >= 4 is 21.7 Å². The predicted molar refractivity (Wildman–Crippen MR) is 101 cm³/mol. The van der Waals surface area contributed by atoms with E-state index >= 15 is 0 Å². The number of aliphatic carboxylic acids is 1. The number of nitro benzene ring substituents is 1. The second-order valence-corrected chi connectivity index (χ2v) is 7.93. The number of nitro groups is 1. The van der Waals surface area contributed by atoms with E-state index < -0.39 is 37.5 Å². The minimum absolute atomic E-state index is 0.131. The highest BCUT2D eigenvalue weighted by atomic mass is 32.2. The quantitative estimate of drug-likeness (QED) is 0.247. The Balaban J connectivity index is 2.61. The maximum Gasteiger partial charge on any atom is 0.321 e. The van der Waals surface area contributed by atoms with Gasteiger partial charge in [-0.15, -0.1) is 0 Å². The number of sulfonamides is 1. The van der Waals surface area contributed by atoms with Crippen molar-refractivity contribution in [3.63, 3.8) is 0 Å². The molecule has 27 heavy (non-hydrogen) atoms. The van der Waals surface area contributed by atoms with E-state index in [4.69, 9.17) is 0 Å². The fraction of sp³-hybridized carbons (Fsp3) is 0.588. The molecule has 0 bridgehead atoms. The lowest BCUT2D eigenvalue weighted by molar-refractivity contribution is -0.387. The van der Waals surface area contributed by atoms with Gasteiger partial charge in [0.25, 0.3) is 5.69 Å². The van der Waals surface area contributed by atoms with Gasteiger partial charge in [0.2, 0.25) is 10.0 Å². The first-order chi connectivity index (χ1) is 12.8. The predicted octanol–water partition coefficient (Wildman–Crippen LogP) is 2.28. The van der Waals surface area contributed by atoms with E-state index in [1.807, 2.05) is 7.05 Å². The van der Waals surface area contributed by atoms with Gasteiger partial charge in [-0.05, 0) is 32.5 Å². The molecule has 0 aliphatic carbocycles. The molecule has 0 saturated carbocycles. The topological polar surface area (TPSA) is 139 Å². The number of carbonyl (C=O) groups is 1. The SMILES string of the molecule is CNCCCCCCCC[C@H](NS(=O)(=O)c1ccccc1[N+](=O)[O-])C(=O)O. The van der Waals surface area contributed by atoms with Gasteiger partial charge in [-0.2, -0.15) is 4.72 Å². The summed E-state index contributed by atoms with van der Waals surface area (Å²) in [5.41, 5.74) is -0.587. The van der Waals surface area contributed by atoms with E-state index in [1.54, 1.807) is 0 Å². The van der Waals surface area contributed by atoms with Crippen LogP contribution in [0.2, 0.25) is 0 Å². The Morgan fingerprint density at radius 2 is 1.74 bits per heavy atom. The normalized spacial score (nSPS) is 12.6. The minimum atomic E-state index is -4.32. The molecule has 0 fully saturated rings. The molecule has 0 heterocycles. The number of benzene rings is 1. The number of rotatable bonds is 14. The first kappa shape index (κ1) is 23.0. The number of nitrogens with one attached hydrogen (secondary N) is 2. The lowest BCUT2D eigenvalue weighted by atomic mass is 10.1. The average molecular weight is 401 g/mol. The third-order valence-corrected chi connectivity index (χ3v) is 5.64. The van der Waals surface area contributed by atoms with Gasteiger partial charge < -0.3 is 10.4 Å². The number of unbranched alkanes of at least 4 members (excludes halogenated alkanes) is 5. The van der Waals surface area contributed by atoms with Crippen LogP contribution in [0.4, 0.5) is 5.69 Å². The molecule has 1 atom stereocenters. The summed E-state index contributed by atoms with van der Waals surface area (Å²) in [6.45, 7) is 0.967. The van der Waals surface area contributed by atoms with Crippen LogP contribution in [0.15, 0.2) is 29.2 Å². The standard InChI is InChI=1S/C17H27N3O6S/c1-18-13-9-5-3-2-4-6-10-14(17(21)22)19-27(25,26)16-12-8-7-11-15(16)20(23)24/h7-8,11-12,14,18-19H,2-6,9-10,13H2,1H3,(H,21,22)/t14-/m0/s1. The summed E-state index contributed by atoms with van der Waals surface area (Å²) in [7, 11) is -2.42. The van der Waals surface area contributed by atoms with Gasteiger partial charge in [0, 0.05) is 6.07 Å². The van der Waals surface area contributed by atoms with Crippen LogP contribution in [-0.4, -0.2) is 44.1 Å². The van der Waals surface area contributed by atoms with E-state index in [-0.39, 0.29) is 6.42 Å². The summed E-state index contributed by atoms with van der Waals surface area (Å²) >= 11 is 0. The lowest BCUT2D eigenvalue weighted by Gasteiger charge is -2.15. The molecule has 0 amide bonds. The lowest BCUT2D eigenvalue weighted by Crippen LogP contribution is -2.40. The molecule has 152 valence electrons. The number of hydrogen-bond donors (Lipinski definition) is 3. The monoisotopic (exact) mass is 401 g/mol. The van der Waals surface area contributed by atoms with Crippen LogP contribution in [0.1, 0.15) is 44.9 Å². The van der Waals surface area contributed by atoms with Crippen LogP contribution in [-0.2, 0) is 14.8 Å². The second kappa shape index (κ2) is 11.6. The third-order valence-electron chi connectivity index (χ3n) is 4.12. The number of hydrogen-bond acceptors (Lipinski definition) is 6. The van der Waals surface area contributed by atoms with Crippen molar-refractivity contribution in [1.29, 1.82) is 0 Å². The first-order valence-corrected chi connectivity index (χ1v) is 10.4. The smallest absolute Gasteiger partial charge is 0.321 e. The van der Waals surface area contributed by atoms with Gasteiger partial charge in [-0.3, -0.25) is 14.9 Å². The highest BCUT2D eigenvalue weighted by molar-refractivity contribution is 7.89. The van der Waals surface area contributed by atoms with Crippen molar-refractivity contribution in [2.24, 2.45) is 0 Å². The average Bonchev–Trinajstić information content (AvgIpc) is 2.62. The molecule has 9 nitrogen and oxygen atoms in total. The fourth-order valence-electron chi connectivity index (χ4n) is 2.68. The largest absolute Gasteiger partial charge is 0.480 e. The maximum absolute atomic E-state index is 12.4. The Labute approximate surface area is 159 Å². The van der Waals surface area contributed by atoms with Gasteiger partial charge in [0.15, 0.2) is 4.90 Å². The molecule has 0 unspecified atom stereocenters. The Kier molecular flexibility index (Phi) is 9.90. The van der Waals surface area contributed by atoms with E-state index in [2.05, 4.69) is 10.0 Å². The third kappa shape index (κ3) is 8.02. The van der Waals surface area contributed by atoms with Crippen LogP contribution in [0.25, 0.3) is 0 Å². The van der Waals surface area contributed by atoms with Gasteiger partial charge in [-0.1, -0.05) is 44.2 Å². The summed E-state index contributed by atoms with van der Waals surface area (Å²) in [4.78, 5) is 21.1. The molecule has 1 rings (SSSR count). The van der Waals surface area contributed by atoms with E-state index in [0.717, 1.165) is 50.8 Å². The number of carboxylic acid groups (broad SMARTS) is 1. The summed E-state index contributed by atoms with van der Waals surface area (Å²) in [5.74, 6) is -1.30. The van der Waals surface area contributed by atoms with Crippen molar-refractivity contribution in [2.45, 2.75) is 55.9 Å². The molecular formula is C17H27N3O6S. The Morgan fingerprint density at radius 3 is 2.33 bits per heavy atom. The second-order valence-electron chi connectivity index (χ2n) is 6.25. The molecule has 1 aromatic carbocycles. The molecule has 1 aromatic rings. The Hall–Kier alpha value is -2.04.